The van der Waals surface area contributed by atoms with Gasteiger partial charge in [0.05, 0.1) is 23.9 Å². The number of carbonyl (C=O) groups excluding carboxylic acids is 1. The van der Waals surface area contributed by atoms with Gasteiger partial charge in [0.15, 0.2) is 0 Å². The standard InChI is InChI=1S/C18H28N2O4/c1-17(2,3)24-16(21)18(12-22-4)9-7-14(8-10-18)23-15-6-5-13(19)11-20-15/h5-6,11,14H,7-10,12,19H2,1-4H3. The summed E-state index contributed by atoms with van der Waals surface area (Å²) in [5.74, 6) is 0.381. The van der Waals surface area contributed by atoms with Crippen LogP contribution >= 0.6 is 0 Å². The van der Waals surface area contributed by atoms with Crippen LogP contribution in [0.1, 0.15) is 46.5 Å². The van der Waals surface area contributed by atoms with E-state index in [1.165, 1.54) is 0 Å². The smallest absolute Gasteiger partial charge is 0.314 e. The van der Waals surface area contributed by atoms with Gasteiger partial charge < -0.3 is 19.9 Å². The van der Waals surface area contributed by atoms with Gasteiger partial charge in [-0.15, -0.1) is 0 Å². The molecule has 2 rings (SSSR count). The molecule has 0 amide bonds. The zero-order valence-electron chi connectivity index (χ0n) is 15.0. The molecule has 0 spiro atoms. The van der Waals surface area contributed by atoms with Gasteiger partial charge in [0.2, 0.25) is 5.88 Å². The highest BCUT2D eigenvalue weighted by Gasteiger charge is 2.45. The number of carbonyl (C=O) groups is 1. The summed E-state index contributed by atoms with van der Waals surface area (Å²) in [7, 11) is 1.62. The van der Waals surface area contributed by atoms with Crippen LogP contribution in [0.4, 0.5) is 5.69 Å². The highest BCUT2D eigenvalue weighted by atomic mass is 16.6. The minimum Gasteiger partial charge on any atom is -0.474 e. The van der Waals surface area contributed by atoms with Gasteiger partial charge in [0, 0.05) is 13.2 Å². The van der Waals surface area contributed by atoms with Crippen molar-refractivity contribution in [1.29, 1.82) is 0 Å². The third-order valence-electron chi connectivity index (χ3n) is 4.19. The van der Waals surface area contributed by atoms with E-state index in [1.807, 2.05) is 20.8 Å². The van der Waals surface area contributed by atoms with Crippen molar-refractivity contribution in [3.05, 3.63) is 18.3 Å². The summed E-state index contributed by atoms with van der Waals surface area (Å²) >= 11 is 0. The molecule has 0 radical (unpaired) electrons. The number of nitrogens with two attached hydrogens (primary N) is 1. The Balaban J connectivity index is 1.98. The summed E-state index contributed by atoms with van der Waals surface area (Å²) < 4.78 is 16.8. The molecule has 24 heavy (non-hydrogen) atoms. The van der Waals surface area contributed by atoms with Crippen molar-refractivity contribution in [2.75, 3.05) is 19.5 Å². The molecule has 1 aromatic heterocycles. The molecule has 0 aliphatic heterocycles. The van der Waals surface area contributed by atoms with Gasteiger partial charge in [-0.3, -0.25) is 4.79 Å². The Kier molecular flexibility index (Phi) is 5.70. The van der Waals surface area contributed by atoms with E-state index < -0.39 is 11.0 Å². The van der Waals surface area contributed by atoms with Gasteiger partial charge in [-0.2, -0.15) is 0 Å². The second kappa shape index (κ2) is 7.38. The van der Waals surface area contributed by atoms with Crippen LogP contribution in [-0.2, 0) is 14.3 Å². The Morgan fingerprint density at radius 1 is 1.33 bits per heavy atom. The highest BCUT2D eigenvalue weighted by Crippen LogP contribution is 2.40. The Morgan fingerprint density at radius 2 is 2.00 bits per heavy atom. The van der Waals surface area contributed by atoms with Crippen LogP contribution in [0.2, 0.25) is 0 Å². The minimum absolute atomic E-state index is 0.0357. The van der Waals surface area contributed by atoms with Gasteiger partial charge in [-0.05, 0) is 52.5 Å². The zero-order valence-corrected chi connectivity index (χ0v) is 15.0. The Morgan fingerprint density at radius 3 is 2.50 bits per heavy atom. The van der Waals surface area contributed by atoms with E-state index in [1.54, 1.807) is 25.4 Å². The van der Waals surface area contributed by atoms with E-state index in [-0.39, 0.29) is 12.1 Å². The number of nitrogens with zero attached hydrogens (tertiary/aromatic N) is 1. The quantitative estimate of drug-likeness (QED) is 0.832. The molecule has 0 unspecified atom stereocenters. The topological polar surface area (TPSA) is 83.7 Å². The maximum atomic E-state index is 12.7. The van der Waals surface area contributed by atoms with Crippen LogP contribution in [-0.4, -0.2) is 36.4 Å². The number of pyridine rings is 1. The van der Waals surface area contributed by atoms with Crippen LogP contribution in [0.15, 0.2) is 18.3 Å². The van der Waals surface area contributed by atoms with Crippen LogP contribution in [0.3, 0.4) is 0 Å². The number of ether oxygens (including phenoxy) is 3. The number of aromatic nitrogens is 1. The maximum absolute atomic E-state index is 12.7. The van der Waals surface area contributed by atoms with Crippen molar-refractivity contribution in [3.8, 4) is 5.88 Å². The van der Waals surface area contributed by atoms with E-state index in [0.717, 1.165) is 12.8 Å². The Bertz CT molecular complexity index is 543. The predicted octanol–water partition coefficient (Wildman–Crippen LogP) is 2.96. The molecule has 6 heteroatoms. The molecule has 1 saturated carbocycles. The number of hydrogen-bond acceptors (Lipinski definition) is 6. The molecule has 1 aliphatic carbocycles. The fraction of sp³-hybridized carbons (Fsp3) is 0.667. The lowest BCUT2D eigenvalue weighted by Gasteiger charge is -2.39. The maximum Gasteiger partial charge on any atom is 0.314 e. The average Bonchev–Trinajstić information content (AvgIpc) is 2.50. The van der Waals surface area contributed by atoms with Crippen LogP contribution in [0.25, 0.3) is 0 Å². The average molecular weight is 336 g/mol. The lowest BCUT2D eigenvalue weighted by molar-refractivity contribution is -0.175. The van der Waals surface area contributed by atoms with Crippen molar-refractivity contribution >= 4 is 11.7 Å². The first-order valence-corrected chi connectivity index (χ1v) is 8.35. The third-order valence-corrected chi connectivity index (χ3v) is 4.19. The first kappa shape index (κ1) is 18.5. The molecule has 134 valence electrons. The molecular weight excluding hydrogens is 308 g/mol. The summed E-state index contributed by atoms with van der Waals surface area (Å²) in [5.41, 5.74) is 5.15. The highest BCUT2D eigenvalue weighted by molar-refractivity contribution is 5.77. The molecule has 1 aromatic rings. The van der Waals surface area contributed by atoms with E-state index in [2.05, 4.69) is 4.98 Å². The van der Waals surface area contributed by atoms with Crippen LogP contribution in [0, 0.1) is 5.41 Å². The van der Waals surface area contributed by atoms with Crippen molar-refractivity contribution in [2.24, 2.45) is 5.41 Å². The van der Waals surface area contributed by atoms with Crippen LogP contribution in [0.5, 0.6) is 5.88 Å². The summed E-state index contributed by atoms with van der Waals surface area (Å²) in [5, 5.41) is 0. The number of methoxy groups -OCH3 is 1. The second-order valence-electron chi connectivity index (χ2n) is 7.46. The van der Waals surface area contributed by atoms with Gasteiger partial charge in [-0.1, -0.05) is 0 Å². The molecule has 0 bridgehead atoms. The van der Waals surface area contributed by atoms with Crippen molar-refractivity contribution in [3.63, 3.8) is 0 Å². The number of hydrogen-bond donors (Lipinski definition) is 1. The largest absolute Gasteiger partial charge is 0.474 e. The van der Waals surface area contributed by atoms with Crippen LogP contribution < -0.4 is 10.5 Å². The second-order valence-corrected chi connectivity index (χ2v) is 7.46. The summed E-state index contributed by atoms with van der Waals surface area (Å²) in [6.45, 7) is 6.02. The van der Waals surface area contributed by atoms with E-state index in [9.17, 15) is 4.79 Å². The van der Waals surface area contributed by atoms with Gasteiger partial charge in [-0.25, -0.2) is 4.98 Å². The number of anilines is 1. The molecule has 1 heterocycles. The molecule has 0 atom stereocenters. The van der Waals surface area contributed by atoms with Gasteiger partial charge in [0.25, 0.3) is 0 Å². The molecule has 2 N–H and O–H groups in total. The number of esters is 1. The minimum atomic E-state index is -0.587. The normalized spacial score (nSPS) is 24.4. The zero-order chi connectivity index (χ0) is 17.8. The molecule has 0 saturated heterocycles. The summed E-state index contributed by atoms with van der Waals surface area (Å²) in [4.78, 5) is 16.8. The third kappa shape index (κ3) is 4.84. The monoisotopic (exact) mass is 336 g/mol. The molecule has 0 aromatic carbocycles. The molecular formula is C18H28N2O4. The van der Waals surface area contributed by atoms with Crippen molar-refractivity contribution < 1.29 is 19.0 Å². The summed E-state index contributed by atoms with van der Waals surface area (Å²) in [6, 6.07) is 3.53. The first-order chi connectivity index (χ1) is 11.2. The van der Waals surface area contributed by atoms with E-state index in [4.69, 9.17) is 19.9 Å². The fourth-order valence-electron chi connectivity index (χ4n) is 2.96. The van der Waals surface area contributed by atoms with E-state index >= 15 is 0 Å². The lowest BCUT2D eigenvalue weighted by atomic mass is 9.73. The van der Waals surface area contributed by atoms with Gasteiger partial charge >= 0.3 is 5.97 Å². The molecule has 1 fully saturated rings. The Hall–Kier alpha value is -1.82. The van der Waals surface area contributed by atoms with Crippen molar-refractivity contribution in [2.45, 2.75) is 58.2 Å². The molecule has 6 nitrogen and oxygen atoms in total. The summed E-state index contributed by atoms with van der Waals surface area (Å²) in [6.07, 6.45) is 4.48. The van der Waals surface area contributed by atoms with Crippen molar-refractivity contribution in [1.82, 2.24) is 4.98 Å². The first-order valence-electron chi connectivity index (χ1n) is 8.35. The lowest BCUT2D eigenvalue weighted by Crippen LogP contribution is -2.45. The van der Waals surface area contributed by atoms with Gasteiger partial charge in [0.1, 0.15) is 11.7 Å². The fourth-order valence-corrected chi connectivity index (χ4v) is 2.96. The SMILES string of the molecule is COCC1(C(=O)OC(C)(C)C)CCC(Oc2ccc(N)cn2)CC1. The Labute approximate surface area is 143 Å². The number of rotatable bonds is 5. The number of nitrogen functional groups attached to an aromatic ring is 1. The predicted molar refractivity (Wildman–Crippen MR) is 91.7 cm³/mol. The van der Waals surface area contributed by atoms with E-state index in [0.29, 0.717) is 31.0 Å². The molecule has 1 aliphatic rings.